The van der Waals surface area contributed by atoms with Gasteiger partial charge in [0.05, 0.1) is 8.07 Å². The largest absolute Gasteiger partial charge is 0.294 e. The summed E-state index contributed by atoms with van der Waals surface area (Å²) in [5, 5.41) is 1.39. The maximum atomic E-state index is 12.2. The molecule has 1 atom stereocenters. The third kappa shape index (κ3) is 2.23. The lowest BCUT2D eigenvalue weighted by molar-refractivity contribution is 0.0977. The normalized spacial score (nSPS) is 22.3. The smallest absolute Gasteiger partial charge is 0.162 e. The zero-order valence-electron chi connectivity index (χ0n) is 11.1. The number of unbranched alkanes of at least 4 members (excludes halogenated alkanes) is 1. The fourth-order valence-corrected chi connectivity index (χ4v) is 6.51. The van der Waals surface area contributed by atoms with Gasteiger partial charge in [0, 0.05) is 12.0 Å². The lowest BCUT2D eigenvalue weighted by atomic mass is 10.0. The van der Waals surface area contributed by atoms with E-state index >= 15 is 0 Å². The molecule has 1 nitrogen and oxygen atoms in total. The van der Waals surface area contributed by atoms with Gasteiger partial charge in [-0.3, -0.25) is 4.79 Å². The number of Topliss-reactive ketones (excluding diaryl/α,β-unsaturated/α-hetero) is 1. The topological polar surface area (TPSA) is 17.1 Å². The van der Waals surface area contributed by atoms with Gasteiger partial charge in [-0.15, -0.1) is 0 Å². The number of rotatable bonds is 3. The van der Waals surface area contributed by atoms with Crippen LogP contribution in [0.5, 0.6) is 0 Å². The summed E-state index contributed by atoms with van der Waals surface area (Å²) in [4.78, 5) is 12.2. The minimum Gasteiger partial charge on any atom is -0.294 e. The molecule has 1 aliphatic rings. The van der Waals surface area contributed by atoms with Crippen LogP contribution >= 0.6 is 0 Å². The average molecular weight is 246 g/mol. The van der Waals surface area contributed by atoms with Gasteiger partial charge in [0.25, 0.3) is 0 Å². The molecule has 0 N–H and O–H groups in total. The summed E-state index contributed by atoms with van der Waals surface area (Å²) < 4.78 is 0. The second-order valence-corrected chi connectivity index (χ2v) is 10.5. The Morgan fingerprint density at radius 2 is 2.00 bits per heavy atom. The number of fused-ring (bicyclic) bond motifs is 1. The molecule has 92 valence electrons. The molecular weight excluding hydrogens is 224 g/mol. The van der Waals surface area contributed by atoms with Crippen LogP contribution in [0.3, 0.4) is 0 Å². The summed E-state index contributed by atoms with van der Waals surface area (Å²) in [6, 6.07) is 8.29. The molecule has 0 spiro atoms. The summed E-state index contributed by atoms with van der Waals surface area (Å²) in [5.41, 5.74) is 1.65. The number of hydrogen-bond donors (Lipinski definition) is 0. The maximum absolute atomic E-state index is 12.2. The van der Waals surface area contributed by atoms with Gasteiger partial charge in [0.15, 0.2) is 5.78 Å². The molecule has 0 amide bonds. The molecule has 0 fully saturated rings. The van der Waals surface area contributed by atoms with Gasteiger partial charge >= 0.3 is 0 Å². The molecular formula is C15H22OSi. The number of benzene rings is 1. The van der Waals surface area contributed by atoms with Gasteiger partial charge in [0.2, 0.25) is 0 Å². The first kappa shape index (κ1) is 12.6. The lowest BCUT2D eigenvalue weighted by Crippen LogP contribution is -2.52. The predicted molar refractivity (Wildman–Crippen MR) is 75.8 cm³/mol. The van der Waals surface area contributed by atoms with Gasteiger partial charge in [0.1, 0.15) is 0 Å². The van der Waals surface area contributed by atoms with Gasteiger partial charge < -0.3 is 0 Å². The van der Waals surface area contributed by atoms with Crippen molar-refractivity contribution >= 4 is 19.0 Å². The molecule has 1 heterocycles. The molecule has 0 aliphatic carbocycles. The van der Waals surface area contributed by atoms with E-state index in [0.717, 1.165) is 12.0 Å². The summed E-state index contributed by atoms with van der Waals surface area (Å²) >= 11 is 0. The number of hydrogen-bond acceptors (Lipinski definition) is 1. The summed E-state index contributed by atoms with van der Waals surface area (Å²) in [6.45, 7) is 7.09. The van der Waals surface area contributed by atoms with Crippen LogP contribution in [0.2, 0.25) is 18.6 Å². The molecule has 1 aromatic carbocycles. The highest BCUT2D eigenvalue weighted by Crippen LogP contribution is 2.36. The molecule has 1 unspecified atom stereocenters. The maximum Gasteiger partial charge on any atom is 0.162 e. The van der Waals surface area contributed by atoms with E-state index in [1.54, 1.807) is 0 Å². The highest BCUT2D eigenvalue weighted by Gasteiger charge is 2.40. The number of carbonyl (C=O) groups excluding carboxylic acids is 1. The molecule has 0 saturated heterocycles. The van der Waals surface area contributed by atoms with E-state index in [4.69, 9.17) is 0 Å². The Morgan fingerprint density at radius 3 is 2.71 bits per heavy atom. The van der Waals surface area contributed by atoms with Crippen LogP contribution in [0.1, 0.15) is 43.0 Å². The number of ketones is 1. The van der Waals surface area contributed by atoms with Gasteiger partial charge in [-0.1, -0.05) is 63.5 Å². The van der Waals surface area contributed by atoms with E-state index < -0.39 is 8.07 Å². The Balaban J connectivity index is 2.36. The average Bonchev–Trinajstić information content (AvgIpc) is 2.32. The van der Waals surface area contributed by atoms with Crippen molar-refractivity contribution < 1.29 is 4.79 Å². The Kier molecular flexibility index (Phi) is 3.52. The van der Waals surface area contributed by atoms with Crippen molar-refractivity contribution in [3.63, 3.8) is 0 Å². The van der Waals surface area contributed by atoms with Crippen molar-refractivity contribution in [3.05, 3.63) is 29.8 Å². The highest BCUT2D eigenvalue weighted by atomic mass is 28.3. The van der Waals surface area contributed by atoms with Crippen molar-refractivity contribution in [2.75, 3.05) is 0 Å². The molecule has 2 rings (SSSR count). The van der Waals surface area contributed by atoms with E-state index in [2.05, 4.69) is 32.2 Å². The number of carbonyl (C=O) groups is 1. The molecule has 0 bridgehead atoms. The van der Waals surface area contributed by atoms with Crippen LogP contribution in [0.25, 0.3) is 0 Å². The molecule has 2 heteroatoms. The quantitative estimate of drug-likeness (QED) is 0.742. The van der Waals surface area contributed by atoms with Gasteiger partial charge in [-0.05, 0) is 10.7 Å². The van der Waals surface area contributed by atoms with Crippen LogP contribution in [0.15, 0.2) is 24.3 Å². The van der Waals surface area contributed by atoms with E-state index in [9.17, 15) is 4.79 Å². The standard InChI is InChI=1S/C15H22OSi/c1-4-5-8-12-11-14(16)13-9-6-7-10-15(13)17(12,2)3/h6-7,9-10,12H,4-5,8,11H2,1-3H3. The predicted octanol–water partition coefficient (Wildman–Crippen LogP) is 3.75. The molecule has 1 aliphatic heterocycles. The lowest BCUT2D eigenvalue weighted by Gasteiger charge is -2.38. The first-order valence-electron chi connectivity index (χ1n) is 6.70. The van der Waals surface area contributed by atoms with Crippen LogP contribution in [-0.4, -0.2) is 13.9 Å². The summed E-state index contributed by atoms with van der Waals surface area (Å²) in [7, 11) is -1.44. The Hall–Kier alpha value is -0.893. The minimum absolute atomic E-state index is 0.369. The van der Waals surface area contributed by atoms with Gasteiger partial charge in [-0.2, -0.15) is 0 Å². The van der Waals surface area contributed by atoms with Crippen LogP contribution < -0.4 is 5.19 Å². The molecule has 17 heavy (non-hydrogen) atoms. The summed E-state index contributed by atoms with van der Waals surface area (Å²) in [5.74, 6) is 0.369. The van der Waals surface area contributed by atoms with E-state index in [0.29, 0.717) is 11.3 Å². The first-order chi connectivity index (χ1) is 8.07. The Bertz CT molecular complexity index is 423. The zero-order valence-corrected chi connectivity index (χ0v) is 12.1. The van der Waals surface area contributed by atoms with E-state index in [1.807, 2.05) is 12.1 Å². The van der Waals surface area contributed by atoms with Crippen molar-refractivity contribution in [3.8, 4) is 0 Å². The molecule has 1 aromatic rings. The minimum atomic E-state index is -1.44. The zero-order chi connectivity index (χ0) is 12.5. The molecule has 0 radical (unpaired) electrons. The van der Waals surface area contributed by atoms with Crippen molar-refractivity contribution in [1.82, 2.24) is 0 Å². The highest BCUT2D eigenvalue weighted by molar-refractivity contribution is 6.92. The molecule has 0 aromatic heterocycles. The Labute approximate surface area is 105 Å². The summed E-state index contributed by atoms with van der Waals surface area (Å²) in [6.07, 6.45) is 4.51. The van der Waals surface area contributed by atoms with Crippen molar-refractivity contribution in [2.24, 2.45) is 0 Å². The van der Waals surface area contributed by atoms with E-state index in [-0.39, 0.29) is 0 Å². The fraction of sp³-hybridized carbons (Fsp3) is 0.533. The monoisotopic (exact) mass is 246 g/mol. The van der Waals surface area contributed by atoms with Crippen LogP contribution in [0.4, 0.5) is 0 Å². The third-order valence-electron chi connectivity index (χ3n) is 4.28. The Morgan fingerprint density at radius 1 is 1.29 bits per heavy atom. The molecule has 0 saturated carbocycles. The first-order valence-corrected chi connectivity index (χ1v) is 9.77. The van der Waals surface area contributed by atoms with Crippen LogP contribution in [0, 0.1) is 0 Å². The fourth-order valence-electron chi connectivity index (χ4n) is 3.01. The third-order valence-corrected chi connectivity index (χ3v) is 8.64. The second-order valence-electron chi connectivity index (χ2n) is 5.73. The van der Waals surface area contributed by atoms with E-state index in [1.165, 1.54) is 24.4 Å². The SMILES string of the molecule is CCCCC1CC(=O)c2ccccc2[Si]1(C)C. The second kappa shape index (κ2) is 4.77. The van der Waals surface area contributed by atoms with Crippen molar-refractivity contribution in [2.45, 2.75) is 51.2 Å². The van der Waals surface area contributed by atoms with Gasteiger partial charge in [-0.25, -0.2) is 0 Å². The van der Waals surface area contributed by atoms with Crippen LogP contribution in [-0.2, 0) is 0 Å². The van der Waals surface area contributed by atoms with Crippen molar-refractivity contribution in [1.29, 1.82) is 0 Å².